The summed E-state index contributed by atoms with van der Waals surface area (Å²) in [6.45, 7) is 4.61. The molecule has 0 bridgehead atoms. The molecule has 1 aliphatic carbocycles. The third kappa shape index (κ3) is 2.60. The van der Waals surface area contributed by atoms with Gasteiger partial charge in [0.2, 0.25) is 5.24 Å². The zero-order valence-electron chi connectivity index (χ0n) is 10.6. The van der Waals surface area contributed by atoms with Gasteiger partial charge in [0.25, 0.3) is 0 Å². The SMILES string of the molecule is COCC(C(=O)Cl)(C(C)C)C1CCCCC1. The largest absolute Gasteiger partial charge is 0.384 e. The molecule has 0 aromatic carbocycles. The van der Waals surface area contributed by atoms with Crippen LogP contribution in [0.25, 0.3) is 0 Å². The van der Waals surface area contributed by atoms with E-state index in [-0.39, 0.29) is 11.2 Å². The highest BCUT2D eigenvalue weighted by atomic mass is 35.5. The Labute approximate surface area is 104 Å². The smallest absolute Gasteiger partial charge is 0.230 e. The minimum atomic E-state index is -0.475. The van der Waals surface area contributed by atoms with Crippen molar-refractivity contribution in [3.05, 3.63) is 0 Å². The van der Waals surface area contributed by atoms with Crippen LogP contribution in [0.1, 0.15) is 46.0 Å². The fourth-order valence-electron chi connectivity index (χ4n) is 3.06. The van der Waals surface area contributed by atoms with E-state index >= 15 is 0 Å². The molecule has 1 saturated carbocycles. The predicted molar refractivity (Wildman–Crippen MR) is 66.6 cm³/mol. The lowest BCUT2D eigenvalue weighted by Gasteiger charge is -2.42. The molecule has 0 radical (unpaired) electrons. The van der Waals surface area contributed by atoms with E-state index in [0.29, 0.717) is 12.5 Å². The zero-order chi connectivity index (χ0) is 12.2. The van der Waals surface area contributed by atoms with E-state index in [1.165, 1.54) is 19.3 Å². The topological polar surface area (TPSA) is 26.3 Å². The van der Waals surface area contributed by atoms with Gasteiger partial charge in [-0.25, -0.2) is 0 Å². The van der Waals surface area contributed by atoms with Crippen LogP contribution in [0, 0.1) is 17.3 Å². The minimum absolute atomic E-state index is 0.212. The summed E-state index contributed by atoms with van der Waals surface area (Å²) in [5.41, 5.74) is -0.475. The van der Waals surface area contributed by atoms with Crippen molar-refractivity contribution < 1.29 is 9.53 Å². The third-order valence-electron chi connectivity index (χ3n) is 4.11. The van der Waals surface area contributed by atoms with Crippen molar-refractivity contribution >= 4 is 16.8 Å². The average Bonchev–Trinajstić information content (AvgIpc) is 2.26. The molecule has 2 nitrogen and oxygen atoms in total. The first-order chi connectivity index (χ1) is 7.55. The summed E-state index contributed by atoms with van der Waals surface area (Å²) in [6.07, 6.45) is 5.94. The molecule has 16 heavy (non-hydrogen) atoms. The number of hydrogen-bond acceptors (Lipinski definition) is 2. The molecule has 1 rings (SSSR count). The van der Waals surface area contributed by atoms with Crippen LogP contribution in [0.3, 0.4) is 0 Å². The standard InChI is InChI=1S/C13H23ClO2/c1-10(2)13(9-16-3,12(14)15)11-7-5-4-6-8-11/h10-11H,4-9H2,1-3H3. The van der Waals surface area contributed by atoms with Crippen molar-refractivity contribution in [2.24, 2.45) is 17.3 Å². The van der Waals surface area contributed by atoms with Gasteiger partial charge in [-0.05, 0) is 36.3 Å². The molecular formula is C13H23ClO2. The molecule has 0 spiro atoms. The summed E-state index contributed by atoms with van der Waals surface area (Å²) < 4.78 is 5.28. The Morgan fingerprint density at radius 3 is 2.31 bits per heavy atom. The molecule has 1 unspecified atom stereocenters. The van der Waals surface area contributed by atoms with Crippen LogP contribution in [-0.2, 0) is 9.53 Å². The Bertz CT molecular complexity index is 234. The Hall–Kier alpha value is -0.0800. The number of halogens is 1. The molecule has 1 fully saturated rings. The molecule has 3 heteroatoms. The van der Waals surface area contributed by atoms with Gasteiger partial charge in [-0.2, -0.15) is 0 Å². The van der Waals surface area contributed by atoms with E-state index in [4.69, 9.17) is 16.3 Å². The molecule has 0 aromatic heterocycles. The van der Waals surface area contributed by atoms with Crippen molar-refractivity contribution in [2.45, 2.75) is 46.0 Å². The van der Waals surface area contributed by atoms with Crippen molar-refractivity contribution in [3.63, 3.8) is 0 Å². The van der Waals surface area contributed by atoms with Gasteiger partial charge >= 0.3 is 0 Å². The highest BCUT2D eigenvalue weighted by molar-refractivity contribution is 6.64. The van der Waals surface area contributed by atoms with Gasteiger partial charge < -0.3 is 4.74 Å². The summed E-state index contributed by atoms with van der Waals surface area (Å²) in [4.78, 5) is 11.9. The maximum absolute atomic E-state index is 11.9. The molecule has 0 amide bonds. The van der Waals surface area contributed by atoms with Crippen LogP contribution < -0.4 is 0 Å². The molecule has 0 aliphatic heterocycles. The van der Waals surface area contributed by atoms with Crippen LogP contribution in [0.15, 0.2) is 0 Å². The summed E-state index contributed by atoms with van der Waals surface area (Å²) >= 11 is 5.89. The molecule has 94 valence electrons. The second-order valence-corrected chi connectivity index (χ2v) is 5.58. The Morgan fingerprint density at radius 2 is 1.94 bits per heavy atom. The van der Waals surface area contributed by atoms with Crippen LogP contribution in [0.4, 0.5) is 0 Å². The maximum Gasteiger partial charge on any atom is 0.230 e. The van der Waals surface area contributed by atoms with Gasteiger partial charge in [-0.15, -0.1) is 0 Å². The van der Waals surface area contributed by atoms with Gasteiger partial charge in [0.15, 0.2) is 0 Å². The second-order valence-electron chi connectivity index (χ2n) is 5.24. The monoisotopic (exact) mass is 246 g/mol. The molecule has 1 atom stereocenters. The van der Waals surface area contributed by atoms with Crippen molar-refractivity contribution in [1.29, 1.82) is 0 Å². The number of ether oxygens (including phenoxy) is 1. The molecular weight excluding hydrogens is 224 g/mol. The van der Waals surface area contributed by atoms with Crippen LogP contribution >= 0.6 is 11.6 Å². The summed E-state index contributed by atoms with van der Waals surface area (Å²) in [6, 6.07) is 0. The third-order valence-corrected chi connectivity index (χ3v) is 4.46. The fourth-order valence-corrected chi connectivity index (χ4v) is 3.48. The van der Waals surface area contributed by atoms with Gasteiger partial charge in [-0.1, -0.05) is 33.1 Å². The van der Waals surface area contributed by atoms with E-state index in [2.05, 4.69) is 13.8 Å². The molecule has 0 aromatic rings. The number of methoxy groups -OCH3 is 1. The Balaban J connectivity index is 2.93. The van der Waals surface area contributed by atoms with E-state index < -0.39 is 5.41 Å². The molecule has 1 aliphatic rings. The molecule has 0 saturated heterocycles. The van der Waals surface area contributed by atoms with Gasteiger partial charge in [0.1, 0.15) is 0 Å². The van der Waals surface area contributed by atoms with Crippen molar-refractivity contribution in [1.82, 2.24) is 0 Å². The fraction of sp³-hybridized carbons (Fsp3) is 0.923. The quantitative estimate of drug-likeness (QED) is 0.693. The highest BCUT2D eigenvalue weighted by Crippen LogP contribution is 2.45. The molecule has 0 heterocycles. The van der Waals surface area contributed by atoms with Crippen LogP contribution in [0.5, 0.6) is 0 Å². The summed E-state index contributed by atoms with van der Waals surface area (Å²) in [7, 11) is 1.65. The van der Waals surface area contributed by atoms with E-state index in [1.807, 2.05) is 0 Å². The normalized spacial score (nSPS) is 22.1. The van der Waals surface area contributed by atoms with Gasteiger partial charge in [0.05, 0.1) is 12.0 Å². The van der Waals surface area contributed by atoms with Crippen molar-refractivity contribution in [2.75, 3.05) is 13.7 Å². The first-order valence-electron chi connectivity index (χ1n) is 6.24. The molecule has 0 N–H and O–H groups in total. The first-order valence-corrected chi connectivity index (χ1v) is 6.62. The predicted octanol–water partition coefficient (Wildman–Crippen LogP) is 3.62. The van der Waals surface area contributed by atoms with Crippen LogP contribution in [-0.4, -0.2) is 19.0 Å². The lowest BCUT2D eigenvalue weighted by Crippen LogP contribution is -2.45. The van der Waals surface area contributed by atoms with E-state index in [1.54, 1.807) is 7.11 Å². The van der Waals surface area contributed by atoms with Gasteiger partial charge in [0, 0.05) is 7.11 Å². The summed E-state index contributed by atoms with van der Waals surface area (Å²) in [5.74, 6) is 0.631. The van der Waals surface area contributed by atoms with Crippen molar-refractivity contribution in [3.8, 4) is 0 Å². The van der Waals surface area contributed by atoms with Crippen LogP contribution in [0.2, 0.25) is 0 Å². The number of carbonyl (C=O) groups is 1. The number of carbonyl (C=O) groups excluding carboxylic acids is 1. The Kier molecular flexibility index (Phi) is 5.26. The van der Waals surface area contributed by atoms with Gasteiger partial charge in [-0.3, -0.25) is 4.79 Å². The Morgan fingerprint density at radius 1 is 1.38 bits per heavy atom. The first kappa shape index (κ1) is 14.0. The minimum Gasteiger partial charge on any atom is -0.384 e. The lowest BCUT2D eigenvalue weighted by atomic mass is 9.64. The van der Waals surface area contributed by atoms with E-state index in [9.17, 15) is 4.79 Å². The number of hydrogen-bond donors (Lipinski definition) is 0. The summed E-state index contributed by atoms with van der Waals surface area (Å²) in [5, 5.41) is -0.212. The maximum atomic E-state index is 11.9. The average molecular weight is 247 g/mol. The zero-order valence-corrected chi connectivity index (χ0v) is 11.3. The van der Waals surface area contributed by atoms with E-state index in [0.717, 1.165) is 12.8 Å². The lowest BCUT2D eigenvalue weighted by molar-refractivity contribution is -0.133. The highest BCUT2D eigenvalue weighted by Gasteiger charge is 2.47. The second kappa shape index (κ2) is 6.02. The number of rotatable bonds is 5.